The SMILES string of the molecule is COC1CCC2(CC1)Cc1ccc(Br)cc1C21N=C(C)C(CC(=O)OC(C)(C)C)=N1. The maximum Gasteiger partial charge on any atom is 0.312 e. The molecule has 2 spiro atoms. The number of fused-ring (bicyclic) bond motifs is 3. The Morgan fingerprint density at radius 3 is 2.57 bits per heavy atom. The number of methoxy groups -OCH3 is 1. The van der Waals surface area contributed by atoms with Crippen molar-refractivity contribution in [1.82, 2.24) is 0 Å². The molecule has 1 heterocycles. The summed E-state index contributed by atoms with van der Waals surface area (Å²) < 4.78 is 12.2. The Morgan fingerprint density at radius 1 is 1.23 bits per heavy atom. The summed E-state index contributed by atoms with van der Waals surface area (Å²) in [6.45, 7) is 7.63. The smallest absolute Gasteiger partial charge is 0.312 e. The Bertz CT molecular complexity index is 923. The molecule has 162 valence electrons. The zero-order chi connectivity index (χ0) is 21.7. The first-order valence-corrected chi connectivity index (χ1v) is 11.6. The lowest BCUT2D eigenvalue weighted by Gasteiger charge is -2.44. The average Bonchev–Trinajstić information content (AvgIpc) is 3.10. The number of carbonyl (C=O) groups is 1. The zero-order valence-electron chi connectivity index (χ0n) is 18.5. The summed E-state index contributed by atoms with van der Waals surface area (Å²) in [4.78, 5) is 23.0. The fraction of sp³-hybridized carbons (Fsp3) is 0.625. The monoisotopic (exact) mass is 474 g/mol. The second kappa shape index (κ2) is 7.56. The number of ether oxygens (including phenoxy) is 2. The molecule has 0 amide bonds. The number of halogens is 1. The van der Waals surface area contributed by atoms with Crippen molar-refractivity contribution in [1.29, 1.82) is 0 Å². The maximum atomic E-state index is 12.5. The van der Waals surface area contributed by atoms with Gasteiger partial charge in [0.05, 0.1) is 23.9 Å². The quantitative estimate of drug-likeness (QED) is 0.552. The molecule has 5 nitrogen and oxygen atoms in total. The van der Waals surface area contributed by atoms with Crippen molar-refractivity contribution in [2.45, 2.75) is 83.6 Å². The third-order valence-corrected chi connectivity index (χ3v) is 7.21. The molecule has 1 saturated carbocycles. The highest BCUT2D eigenvalue weighted by molar-refractivity contribution is 9.10. The number of rotatable bonds is 3. The minimum atomic E-state index is -0.647. The van der Waals surface area contributed by atoms with Gasteiger partial charge in [0, 0.05) is 22.6 Å². The van der Waals surface area contributed by atoms with Crippen LogP contribution in [0.5, 0.6) is 0 Å². The first-order chi connectivity index (χ1) is 14.1. The Labute approximate surface area is 187 Å². The van der Waals surface area contributed by atoms with Crippen molar-refractivity contribution in [3.63, 3.8) is 0 Å². The summed E-state index contributed by atoms with van der Waals surface area (Å²) in [5.41, 5.74) is 2.86. The number of hydrogen-bond acceptors (Lipinski definition) is 5. The molecule has 0 saturated heterocycles. The number of nitrogens with zero attached hydrogens (tertiary/aromatic N) is 2. The molecule has 1 unspecified atom stereocenters. The molecular weight excluding hydrogens is 444 g/mol. The van der Waals surface area contributed by atoms with Crippen molar-refractivity contribution in [2.75, 3.05) is 7.11 Å². The fourth-order valence-electron chi connectivity index (χ4n) is 5.35. The van der Waals surface area contributed by atoms with Crippen LogP contribution in [0.1, 0.15) is 70.9 Å². The van der Waals surface area contributed by atoms with Gasteiger partial charge in [-0.2, -0.15) is 0 Å². The molecular formula is C24H31BrN2O3. The summed E-state index contributed by atoms with van der Waals surface area (Å²) in [6.07, 6.45) is 5.48. The highest BCUT2D eigenvalue weighted by Crippen LogP contribution is 2.62. The molecule has 1 atom stereocenters. The van der Waals surface area contributed by atoms with Crippen molar-refractivity contribution < 1.29 is 14.3 Å². The van der Waals surface area contributed by atoms with Gasteiger partial charge in [-0.25, -0.2) is 0 Å². The van der Waals surface area contributed by atoms with Gasteiger partial charge in [-0.15, -0.1) is 0 Å². The molecule has 30 heavy (non-hydrogen) atoms. The van der Waals surface area contributed by atoms with Gasteiger partial charge in [0.15, 0.2) is 5.66 Å². The number of benzene rings is 1. The van der Waals surface area contributed by atoms with Crippen LogP contribution < -0.4 is 0 Å². The molecule has 1 aromatic carbocycles. The van der Waals surface area contributed by atoms with Crippen LogP contribution in [0, 0.1) is 5.41 Å². The van der Waals surface area contributed by atoms with Gasteiger partial charge >= 0.3 is 5.97 Å². The second-order valence-electron chi connectivity index (χ2n) is 9.88. The minimum Gasteiger partial charge on any atom is -0.460 e. The highest BCUT2D eigenvalue weighted by Gasteiger charge is 2.60. The first-order valence-electron chi connectivity index (χ1n) is 10.8. The van der Waals surface area contributed by atoms with E-state index < -0.39 is 11.3 Å². The normalized spacial score (nSPS) is 30.4. The van der Waals surface area contributed by atoms with Gasteiger partial charge in [0.2, 0.25) is 0 Å². The van der Waals surface area contributed by atoms with E-state index in [1.54, 1.807) is 7.11 Å². The van der Waals surface area contributed by atoms with Gasteiger partial charge in [0.25, 0.3) is 0 Å². The van der Waals surface area contributed by atoms with E-state index in [0.717, 1.165) is 48.0 Å². The van der Waals surface area contributed by atoms with E-state index >= 15 is 0 Å². The summed E-state index contributed by atoms with van der Waals surface area (Å²) in [6, 6.07) is 6.47. The molecule has 4 rings (SSSR count). The first kappa shape index (κ1) is 21.7. The van der Waals surface area contributed by atoms with E-state index in [9.17, 15) is 4.79 Å². The van der Waals surface area contributed by atoms with Crippen LogP contribution in [-0.2, 0) is 26.4 Å². The predicted molar refractivity (Wildman–Crippen MR) is 122 cm³/mol. The molecule has 6 heteroatoms. The van der Waals surface area contributed by atoms with Crippen LogP contribution in [0.2, 0.25) is 0 Å². The lowest BCUT2D eigenvalue weighted by atomic mass is 9.65. The second-order valence-corrected chi connectivity index (χ2v) is 10.8. The van der Waals surface area contributed by atoms with Gasteiger partial charge < -0.3 is 9.47 Å². The van der Waals surface area contributed by atoms with Crippen LogP contribution in [0.15, 0.2) is 32.7 Å². The third-order valence-electron chi connectivity index (χ3n) is 6.71. The average molecular weight is 475 g/mol. The van der Waals surface area contributed by atoms with Gasteiger partial charge in [-0.3, -0.25) is 14.8 Å². The lowest BCUT2D eigenvalue weighted by Crippen LogP contribution is -2.43. The van der Waals surface area contributed by atoms with E-state index in [4.69, 9.17) is 19.5 Å². The summed E-state index contributed by atoms with van der Waals surface area (Å²) in [5.74, 6) is -0.252. The van der Waals surface area contributed by atoms with Gasteiger partial charge in [-0.05, 0) is 77.5 Å². The van der Waals surface area contributed by atoms with E-state index in [1.807, 2.05) is 27.7 Å². The van der Waals surface area contributed by atoms with Gasteiger partial charge in [-0.1, -0.05) is 22.0 Å². The highest BCUT2D eigenvalue weighted by atomic mass is 79.9. The number of aliphatic imine (C=N–C) groups is 2. The zero-order valence-corrected chi connectivity index (χ0v) is 20.1. The standard InChI is InChI=1S/C24H31BrN2O3/c1-15-20(13-21(28)30-22(2,3)4)27-24(26-15)19-12-17(25)7-6-16(19)14-23(24)10-8-18(29-5)9-11-23/h6-7,12,18H,8-11,13-14H2,1-5H3. The van der Waals surface area contributed by atoms with E-state index in [1.165, 1.54) is 11.1 Å². The van der Waals surface area contributed by atoms with Crippen molar-refractivity contribution in [3.05, 3.63) is 33.8 Å². The Balaban J connectivity index is 1.74. The molecule has 3 aliphatic rings. The molecule has 2 aliphatic carbocycles. The largest absolute Gasteiger partial charge is 0.460 e. The minimum absolute atomic E-state index is 0.0674. The Kier molecular flexibility index (Phi) is 5.46. The Hall–Kier alpha value is -1.53. The molecule has 1 fully saturated rings. The summed E-state index contributed by atoms with van der Waals surface area (Å²) in [7, 11) is 1.80. The molecule has 1 aliphatic heterocycles. The topological polar surface area (TPSA) is 60.2 Å². The lowest BCUT2D eigenvalue weighted by molar-refractivity contribution is -0.153. The molecule has 0 radical (unpaired) electrons. The maximum absolute atomic E-state index is 12.5. The molecule has 0 bridgehead atoms. The predicted octanol–water partition coefficient (Wildman–Crippen LogP) is 5.38. The molecule has 0 aromatic heterocycles. The van der Waals surface area contributed by atoms with E-state index in [-0.39, 0.29) is 17.8 Å². The van der Waals surface area contributed by atoms with Crippen molar-refractivity contribution >= 4 is 33.3 Å². The summed E-state index contributed by atoms with van der Waals surface area (Å²) >= 11 is 3.64. The third kappa shape index (κ3) is 3.66. The van der Waals surface area contributed by atoms with Crippen LogP contribution in [0.3, 0.4) is 0 Å². The van der Waals surface area contributed by atoms with Crippen LogP contribution in [0.25, 0.3) is 0 Å². The van der Waals surface area contributed by atoms with E-state index in [2.05, 4.69) is 34.1 Å². The van der Waals surface area contributed by atoms with Gasteiger partial charge in [0.1, 0.15) is 5.60 Å². The number of hydrogen-bond donors (Lipinski definition) is 0. The summed E-state index contributed by atoms with van der Waals surface area (Å²) in [5, 5.41) is 0. The number of carbonyl (C=O) groups excluding carboxylic acids is 1. The van der Waals surface area contributed by atoms with Crippen LogP contribution in [0.4, 0.5) is 0 Å². The van der Waals surface area contributed by atoms with Crippen molar-refractivity contribution in [3.8, 4) is 0 Å². The Morgan fingerprint density at radius 2 is 1.93 bits per heavy atom. The molecule has 0 N–H and O–H groups in total. The number of esters is 1. The molecule has 1 aromatic rings. The van der Waals surface area contributed by atoms with Crippen LogP contribution in [-0.4, -0.2) is 36.2 Å². The van der Waals surface area contributed by atoms with E-state index in [0.29, 0.717) is 6.10 Å². The van der Waals surface area contributed by atoms with Crippen molar-refractivity contribution in [2.24, 2.45) is 15.4 Å². The fourth-order valence-corrected chi connectivity index (χ4v) is 5.71. The van der Waals surface area contributed by atoms with Crippen LogP contribution >= 0.6 is 15.9 Å².